The summed E-state index contributed by atoms with van der Waals surface area (Å²) in [4.78, 5) is 6.14. The summed E-state index contributed by atoms with van der Waals surface area (Å²) in [5, 5.41) is 2.13. The van der Waals surface area contributed by atoms with E-state index in [1.165, 1.54) is 22.8 Å². The Morgan fingerprint density at radius 2 is 2.50 bits per heavy atom. The maximum absolute atomic E-state index is 4.73. The molecule has 1 aliphatic rings. The van der Waals surface area contributed by atoms with Crippen molar-refractivity contribution in [1.82, 2.24) is 9.55 Å². The van der Waals surface area contributed by atoms with Crippen LogP contribution in [0.25, 0.3) is 0 Å². The molecule has 1 unspecified atom stereocenters. The quantitative estimate of drug-likeness (QED) is 0.778. The maximum atomic E-state index is 4.73. The zero-order valence-electron chi connectivity index (χ0n) is 9.52. The Labute approximate surface area is 100.0 Å². The average Bonchev–Trinajstić information content (AvgIpc) is 2.86. The van der Waals surface area contributed by atoms with E-state index < -0.39 is 0 Å². The summed E-state index contributed by atoms with van der Waals surface area (Å²) >= 11 is 1.81. The Balaban J connectivity index is 1.82. The highest BCUT2D eigenvalue weighted by Gasteiger charge is 2.17. The number of aryl methyl sites for hydroxylation is 1. The highest BCUT2D eigenvalue weighted by atomic mass is 32.1. The van der Waals surface area contributed by atoms with E-state index in [-0.39, 0.29) is 0 Å². The number of fused-ring (bicyclic) bond motifs is 1. The van der Waals surface area contributed by atoms with E-state index in [1.54, 1.807) is 0 Å². The summed E-state index contributed by atoms with van der Waals surface area (Å²) in [6.07, 6.45) is 5.66. The lowest BCUT2D eigenvalue weighted by molar-refractivity contribution is 0.394. The van der Waals surface area contributed by atoms with Gasteiger partial charge in [-0.2, -0.15) is 0 Å². The van der Waals surface area contributed by atoms with E-state index >= 15 is 0 Å². The van der Waals surface area contributed by atoms with Gasteiger partial charge in [0.2, 0.25) is 0 Å². The number of hydrogen-bond acceptors (Lipinski definition) is 2. The second kappa shape index (κ2) is 4.06. The van der Waals surface area contributed by atoms with Crippen LogP contribution in [0, 0.1) is 5.92 Å². The summed E-state index contributed by atoms with van der Waals surface area (Å²) in [6.45, 7) is 3.47. The summed E-state index contributed by atoms with van der Waals surface area (Å²) in [5.41, 5.74) is 1.23. The van der Waals surface area contributed by atoms with Crippen molar-refractivity contribution in [2.75, 3.05) is 0 Å². The van der Waals surface area contributed by atoms with Crippen LogP contribution in [-0.4, -0.2) is 9.55 Å². The fourth-order valence-electron chi connectivity index (χ4n) is 2.35. The molecular formula is C13H16N2S. The lowest BCUT2D eigenvalue weighted by Crippen LogP contribution is -2.17. The molecule has 0 N–H and O–H groups in total. The molecule has 0 fully saturated rings. The van der Waals surface area contributed by atoms with Gasteiger partial charge < -0.3 is 4.57 Å². The van der Waals surface area contributed by atoms with E-state index in [0.717, 1.165) is 25.3 Å². The number of thiophene rings is 1. The van der Waals surface area contributed by atoms with E-state index in [1.807, 2.05) is 11.3 Å². The van der Waals surface area contributed by atoms with Crippen molar-refractivity contribution in [3.05, 3.63) is 40.1 Å². The van der Waals surface area contributed by atoms with Crippen LogP contribution in [0.2, 0.25) is 0 Å². The largest absolute Gasteiger partial charge is 0.334 e. The first kappa shape index (κ1) is 10.1. The summed E-state index contributed by atoms with van der Waals surface area (Å²) in [6, 6.07) is 4.30. The third-order valence-electron chi connectivity index (χ3n) is 3.21. The van der Waals surface area contributed by atoms with Gasteiger partial charge in [0, 0.05) is 30.5 Å². The molecule has 0 saturated heterocycles. The van der Waals surface area contributed by atoms with Crippen LogP contribution in [0.5, 0.6) is 0 Å². The SMILES string of the molecule is CC1CCc2nc(Cc3cccs3)cn2C1. The van der Waals surface area contributed by atoms with Gasteiger partial charge in [0.15, 0.2) is 0 Å². The second-order valence-electron chi connectivity index (χ2n) is 4.70. The van der Waals surface area contributed by atoms with Gasteiger partial charge in [0.05, 0.1) is 5.69 Å². The smallest absolute Gasteiger partial charge is 0.108 e. The molecule has 1 atom stereocenters. The molecule has 2 aromatic rings. The predicted octanol–water partition coefficient (Wildman–Crippen LogP) is 3.12. The highest BCUT2D eigenvalue weighted by Crippen LogP contribution is 2.21. The van der Waals surface area contributed by atoms with Crippen molar-refractivity contribution in [1.29, 1.82) is 0 Å². The van der Waals surface area contributed by atoms with Crippen LogP contribution < -0.4 is 0 Å². The Hall–Kier alpha value is -1.09. The number of nitrogens with zero attached hydrogens (tertiary/aromatic N) is 2. The van der Waals surface area contributed by atoms with Gasteiger partial charge in [0.1, 0.15) is 5.82 Å². The first-order chi connectivity index (χ1) is 7.81. The molecule has 0 bridgehead atoms. The van der Waals surface area contributed by atoms with Crippen LogP contribution in [0.15, 0.2) is 23.7 Å². The van der Waals surface area contributed by atoms with Gasteiger partial charge in [-0.3, -0.25) is 0 Å². The van der Waals surface area contributed by atoms with Crippen LogP contribution >= 0.6 is 11.3 Å². The van der Waals surface area contributed by atoms with Gasteiger partial charge in [-0.1, -0.05) is 13.0 Å². The predicted molar refractivity (Wildman–Crippen MR) is 66.8 cm³/mol. The molecule has 0 spiro atoms. The fourth-order valence-corrected chi connectivity index (χ4v) is 3.07. The summed E-state index contributed by atoms with van der Waals surface area (Å²) in [5.74, 6) is 2.08. The third kappa shape index (κ3) is 1.92. The average molecular weight is 232 g/mol. The van der Waals surface area contributed by atoms with E-state index in [2.05, 4.69) is 35.2 Å². The van der Waals surface area contributed by atoms with Crippen molar-refractivity contribution in [2.24, 2.45) is 5.92 Å². The molecule has 3 heterocycles. The molecule has 84 valence electrons. The summed E-state index contributed by atoms with van der Waals surface area (Å²) < 4.78 is 2.34. The molecule has 0 aliphatic carbocycles. The topological polar surface area (TPSA) is 17.8 Å². The minimum atomic E-state index is 0.802. The molecule has 3 heteroatoms. The monoisotopic (exact) mass is 232 g/mol. The standard InChI is InChI=1S/C13H16N2S/c1-10-4-5-13-14-11(9-15(13)8-10)7-12-3-2-6-16-12/h2-3,6,9-10H,4-5,7-8H2,1H3. The number of imidazole rings is 1. The Morgan fingerprint density at radius 3 is 3.31 bits per heavy atom. The van der Waals surface area contributed by atoms with Crippen molar-refractivity contribution >= 4 is 11.3 Å². The lowest BCUT2D eigenvalue weighted by Gasteiger charge is -2.19. The van der Waals surface area contributed by atoms with Gasteiger partial charge in [-0.05, 0) is 23.8 Å². The molecular weight excluding hydrogens is 216 g/mol. The van der Waals surface area contributed by atoms with Crippen LogP contribution in [0.3, 0.4) is 0 Å². The molecule has 0 saturated carbocycles. The molecule has 1 aliphatic heterocycles. The first-order valence-electron chi connectivity index (χ1n) is 5.88. The van der Waals surface area contributed by atoms with Gasteiger partial charge >= 0.3 is 0 Å². The number of hydrogen-bond donors (Lipinski definition) is 0. The zero-order valence-corrected chi connectivity index (χ0v) is 10.3. The van der Waals surface area contributed by atoms with Gasteiger partial charge in [-0.25, -0.2) is 4.98 Å². The van der Waals surface area contributed by atoms with E-state index in [9.17, 15) is 0 Å². The Bertz CT molecular complexity index is 470. The van der Waals surface area contributed by atoms with Gasteiger partial charge in [-0.15, -0.1) is 11.3 Å². The fraction of sp³-hybridized carbons (Fsp3) is 0.462. The number of aromatic nitrogens is 2. The number of rotatable bonds is 2. The highest BCUT2D eigenvalue weighted by molar-refractivity contribution is 7.09. The second-order valence-corrected chi connectivity index (χ2v) is 5.73. The van der Waals surface area contributed by atoms with Gasteiger partial charge in [0.25, 0.3) is 0 Å². The third-order valence-corrected chi connectivity index (χ3v) is 4.09. The Kier molecular flexibility index (Phi) is 2.56. The van der Waals surface area contributed by atoms with E-state index in [4.69, 9.17) is 4.98 Å². The minimum absolute atomic E-state index is 0.802. The summed E-state index contributed by atoms with van der Waals surface area (Å²) in [7, 11) is 0. The van der Waals surface area contributed by atoms with Crippen molar-refractivity contribution in [2.45, 2.75) is 32.7 Å². The first-order valence-corrected chi connectivity index (χ1v) is 6.76. The van der Waals surface area contributed by atoms with Crippen LogP contribution in [-0.2, 0) is 19.4 Å². The van der Waals surface area contributed by atoms with Crippen LogP contribution in [0.1, 0.15) is 29.7 Å². The minimum Gasteiger partial charge on any atom is -0.334 e. The molecule has 2 nitrogen and oxygen atoms in total. The Morgan fingerprint density at radius 1 is 1.56 bits per heavy atom. The molecule has 0 radical (unpaired) electrons. The van der Waals surface area contributed by atoms with Crippen molar-refractivity contribution in [3.63, 3.8) is 0 Å². The maximum Gasteiger partial charge on any atom is 0.108 e. The van der Waals surface area contributed by atoms with Crippen LogP contribution in [0.4, 0.5) is 0 Å². The van der Waals surface area contributed by atoms with Crippen molar-refractivity contribution < 1.29 is 0 Å². The lowest BCUT2D eigenvalue weighted by atomic mass is 10.0. The normalized spacial score (nSPS) is 19.7. The molecule has 0 amide bonds. The molecule has 3 rings (SSSR count). The van der Waals surface area contributed by atoms with E-state index in [0.29, 0.717) is 0 Å². The molecule has 2 aromatic heterocycles. The zero-order chi connectivity index (χ0) is 11.0. The molecule has 16 heavy (non-hydrogen) atoms. The molecule has 0 aromatic carbocycles. The van der Waals surface area contributed by atoms with Crippen molar-refractivity contribution in [3.8, 4) is 0 Å².